The first kappa shape index (κ1) is 16.3. The molecule has 0 bridgehead atoms. The van der Waals surface area contributed by atoms with E-state index in [0.29, 0.717) is 5.69 Å². The first-order valence-electron chi connectivity index (χ1n) is 9.03. The predicted molar refractivity (Wildman–Crippen MR) is 92.5 cm³/mol. The molecule has 0 aromatic heterocycles. The number of aromatic hydroxyl groups is 1. The van der Waals surface area contributed by atoms with Crippen LogP contribution in [0.5, 0.6) is 5.75 Å². The van der Waals surface area contributed by atoms with Crippen molar-refractivity contribution in [3.63, 3.8) is 0 Å². The minimum absolute atomic E-state index is 0.0452. The third-order valence-corrected chi connectivity index (χ3v) is 5.36. The van der Waals surface area contributed by atoms with Crippen molar-refractivity contribution in [2.75, 3.05) is 25.0 Å². The van der Waals surface area contributed by atoms with Gasteiger partial charge in [0.05, 0.1) is 5.69 Å². The number of phenolic OH excluding ortho intramolecular Hbond substituents is 1. The quantitative estimate of drug-likeness (QED) is 0.834. The number of benzene rings is 1. The number of carbonyl (C=O) groups is 1. The summed E-state index contributed by atoms with van der Waals surface area (Å²) < 4.78 is 0. The van der Waals surface area contributed by atoms with E-state index in [2.05, 4.69) is 10.2 Å². The van der Waals surface area contributed by atoms with E-state index in [4.69, 9.17) is 0 Å². The molecule has 2 fully saturated rings. The highest BCUT2D eigenvalue weighted by Crippen LogP contribution is 2.28. The molecule has 126 valence electrons. The lowest BCUT2D eigenvalue weighted by atomic mass is 9.88. The fourth-order valence-corrected chi connectivity index (χ4v) is 3.93. The Morgan fingerprint density at radius 1 is 1.09 bits per heavy atom. The maximum Gasteiger partial charge on any atom is 0.227 e. The summed E-state index contributed by atoms with van der Waals surface area (Å²) in [4.78, 5) is 14.9. The van der Waals surface area contributed by atoms with Gasteiger partial charge in [-0.3, -0.25) is 4.79 Å². The maximum absolute atomic E-state index is 12.4. The molecule has 0 unspecified atom stereocenters. The van der Waals surface area contributed by atoms with Gasteiger partial charge in [-0.1, -0.05) is 31.4 Å². The number of nitrogens with one attached hydrogen (secondary N) is 1. The van der Waals surface area contributed by atoms with Crippen LogP contribution in [0.4, 0.5) is 5.69 Å². The van der Waals surface area contributed by atoms with Crippen LogP contribution in [0.1, 0.15) is 44.9 Å². The minimum Gasteiger partial charge on any atom is -0.506 e. The van der Waals surface area contributed by atoms with Gasteiger partial charge in [-0.2, -0.15) is 0 Å². The van der Waals surface area contributed by atoms with Crippen LogP contribution in [0.25, 0.3) is 0 Å². The van der Waals surface area contributed by atoms with E-state index < -0.39 is 0 Å². The number of amides is 1. The fraction of sp³-hybridized carbons (Fsp3) is 0.632. The average Bonchev–Trinajstić information content (AvgIpc) is 2.58. The molecule has 0 atom stereocenters. The van der Waals surface area contributed by atoms with E-state index in [9.17, 15) is 9.90 Å². The summed E-state index contributed by atoms with van der Waals surface area (Å²) in [5.41, 5.74) is 0.516. The van der Waals surface area contributed by atoms with Gasteiger partial charge >= 0.3 is 0 Å². The molecule has 23 heavy (non-hydrogen) atoms. The van der Waals surface area contributed by atoms with Gasteiger partial charge in [-0.25, -0.2) is 0 Å². The molecule has 1 aromatic rings. The lowest BCUT2D eigenvalue weighted by molar-refractivity contribution is -0.121. The summed E-state index contributed by atoms with van der Waals surface area (Å²) in [7, 11) is 0. The Morgan fingerprint density at radius 3 is 2.48 bits per heavy atom. The van der Waals surface area contributed by atoms with Crippen molar-refractivity contribution >= 4 is 11.6 Å². The Kier molecular flexibility index (Phi) is 5.55. The van der Waals surface area contributed by atoms with Crippen molar-refractivity contribution in [2.45, 2.75) is 44.9 Å². The van der Waals surface area contributed by atoms with Crippen molar-refractivity contribution in [2.24, 2.45) is 11.8 Å². The number of phenols is 1. The van der Waals surface area contributed by atoms with Crippen molar-refractivity contribution in [1.29, 1.82) is 0 Å². The zero-order valence-corrected chi connectivity index (χ0v) is 13.8. The molecule has 1 aromatic carbocycles. The largest absolute Gasteiger partial charge is 0.506 e. The highest BCUT2D eigenvalue weighted by atomic mass is 16.3. The molecule has 1 amide bonds. The number of hydrogen-bond acceptors (Lipinski definition) is 3. The average molecular weight is 316 g/mol. The standard InChI is InChI=1S/C19H28N2O2/c22-18-9-5-4-8-17(18)20-19(23)16-10-12-21(13-11-16)14-15-6-2-1-3-7-15/h4-5,8-9,15-16,22H,1-3,6-7,10-14H2,(H,20,23). The summed E-state index contributed by atoms with van der Waals surface area (Å²) in [6.45, 7) is 3.26. The molecule has 0 radical (unpaired) electrons. The highest BCUT2D eigenvalue weighted by molar-refractivity contribution is 5.93. The number of rotatable bonds is 4. The van der Waals surface area contributed by atoms with Crippen LogP contribution in [0.2, 0.25) is 0 Å². The Balaban J connectivity index is 1.45. The van der Waals surface area contributed by atoms with Gasteiger partial charge < -0.3 is 15.3 Å². The van der Waals surface area contributed by atoms with E-state index in [0.717, 1.165) is 31.8 Å². The molecule has 1 aliphatic heterocycles. The van der Waals surface area contributed by atoms with Crippen LogP contribution in [-0.4, -0.2) is 35.5 Å². The van der Waals surface area contributed by atoms with E-state index in [1.54, 1.807) is 18.2 Å². The second kappa shape index (κ2) is 7.82. The van der Waals surface area contributed by atoms with Crippen LogP contribution in [0.3, 0.4) is 0 Å². The Morgan fingerprint density at radius 2 is 1.78 bits per heavy atom. The van der Waals surface area contributed by atoms with Crippen molar-refractivity contribution < 1.29 is 9.90 Å². The van der Waals surface area contributed by atoms with Gasteiger partial charge in [0.1, 0.15) is 5.75 Å². The van der Waals surface area contributed by atoms with Crippen LogP contribution in [-0.2, 0) is 4.79 Å². The minimum atomic E-state index is 0.0452. The number of hydrogen-bond donors (Lipinski definition) is 2. The zero-order chi connectivity index (χ0) is 16.1. The lowest BCUT2D eigenvalue weighted by Crippen LogP contribution is -2.40. The van der Waals surface area contributed by atoms with Crippen molar-refractivity contribution in [3.05, 3.63) is 24.3 Å². The molecule has 2 N–H and O–H groups in total. The van der Waals surface area contributed by atoms with Crippen molar-refractivity contribution in [3.8, 4) is 5.75 Å². The third-order valence-electron chi connectivity index (χ3n) is 5.36. The van der Waals surface area contributed by atoms with Crippen LogP contribution in [0.15, 0.2) is 24.3 Å². The topological polar surface area (TPSA) is 52.6 Å². The molecule has 0 spiro atoms. The zero-order valence-electron chi connectivity index (χ0n) is 13.8. The van der Waals surface area contributed by atoms with Gasteiger partial charge in [-0.05, 0) is 56.8 Å². The van der Waals surface area contributed by atoms with Gasteiger partial charge in [0.15, 0.2) is 0 Å². The summed E-state index contributed by atoms with van der Waals surface area (Å²) in [5, 5.41) is 12.6. The summed E-state index contributed by atoms with van der Waals surface area (Å²) in [6.07, 6.45) is 8.80. The molecule has 1 saturated heterocycles. The number of anilines is 1. The maximum atomic E-state index is 12.4. The first-order valence-corrected chi connectivity index (χ1v) is 9.03. The Bertz CT molecular complexity index is 518. The first-order chi connectivity index (χ1) is 11.2. The van der Waals surface area contributed by atoms with Gasteiger partial charge in [-0.15, -0.1) is 0 Å². The van der Waals surface area contributed by atoms with Gasteiger partial charge in [0.25, 0.3) is 0 Å². The lowest BCUT2D eigenvalue weighted by Gasteiger charge is -2.34. The third kappa shape index (κ3) is 4.47. The highest BCUT2D eigenvalue weighted by Gasteiger charge is 2.27. The van der Waals surface area contributed by atoms with Crippen LogP contribution < -0.4 is 5.32 Å². The molecule has 4 heteroatoms. The number of piperidine rings is 1. The summed E-state index contributed by atoms with van der Waals surface area (Å²) >= 11 is 0. The molecule has 1 aliphatic carbocycles. The summed E-state index contributed by atoms with van der Waals surface area (Å²) in [5.74, 6) is 1.12. The number of likely N-dealkylation sites (tertiary alicyclic amines) is 1. The second-order valence-corrected chi connectivity index (χ2v) is 7.09. The van der Waals surface area contributed by atoms with E-state index in [-0.39, 0.29) is 17.6 Å². The molecule has 1 heterocycles. The fourth-order valence-electron chi connectivity index (χ4n) is 3.93. The van der Waals surface area contributed by atoms with E-state index >= 15 is 0 Å². The normalized spacial score (nSPS) is 21.2. The SMILES string of the molecule is O=C(Nc1ccccc1O)C1CCN(CC2CCCCC2)CC1. The van der Waals surface area contributed by atoms with Gasteiger partial charge in [0, 0.05) is 12.5 Å². The number of para-hydroxylation sites is 2. The molecular formula is C19H28N2O2. The summed E-state index contributed by atoms with van der Waals surface area (Å²) in [6, 6.07) is 6.92. The van der Waals surface area contributed by atoms with Crippen LogP contribution >= 0.6 is 0 Å². The molecule has 2 aliphatic rings. The molecular weight excluding hydrogens is 288 g/mol. The number of carbonyl (C=O) groups excluding carboxylic acids is 1. The van der Waals surface area contributed by atoms with E-state index in [1.165, 1.54) is 38.6 Å². The van der Waals surface area contributed by atoms with Crippen molar-refractivity contribution in [1.82, 2.24) is 4.90 Å². The Labute approximate surface area is 138 Å². The molecule has 4 nitrogen and oxygen atoms in total. The second-order valence-electron chi connectivity index (χ2n) is 7.09. The van der Waals surface area contributed by atoms with E-state index in [1.807, 2.05) is 6.07 Å². The van der Waals surface area contributed by atoms with Gasteiger partial charge in [0.2, 0.25) is 5.91 Å². The number of nitrogens with zero attached hydrogens (tertiary/aromatic N) is 1. The molecule has 3 rings (SSSR count). The smallest absolute Gasteiger partial charge is 0.227 e. The predicted octanol–water partition coefficient (Wildman–Crippen LogP) is 3.62. The Hall–Kier alpha value is -1.55. The monoisotopic (exact) mass is 316 g/mol. The molecule has 1 saturated carbocycles. The van der Waals surface area contributed by atoms with Crippen LogP contribution in [0, 0.1) is 11.8 Å².